The first-order chi connectivity index (χ1) is 4.10. The normalized spacial score (nSPS) is 23.6. The highest BCUT2D eigenvalue weighted by atomic mass is 79.9. The molecule has 0 aromatic carbocycles. The number of carbonyl (C=O) groups is 1. The van der Waals surface area contributed by atoms with Crippen LogP contribution in [0.1, 0.15) is 12.8 Å². The summed E-state index contributed by atoms with van der Waals surface area (Å²) in [6.07, 6.45) is 1.57. The van der Waals surface area contributed by atoms with Crippen LogP contribution in [0.2, 0.25) is 0 Å². The van der Waals surface area contributed by atoms with Crippen molar-refractivity contribution in [2.45, 2.75) is 12.8 Å². The van der Waals surface area contributed by atoms with Crippen LogP contribution in [0.3, 0.4) is 0 Å². The third-order valence-electron chi connectivity index (χ3n) is 1.99. The van der Waals surface area contributed by atoms with Crippen molar-refractivity contribution in [1.82, 2.24) is 0 Å². The number of quaternary nitrogens is 1. The van der Waals surface area contributed by atoms with E-state index in [0.717, 1.165) is 30.4 Å². The number of halogens is 1. The molecule has 0 aromatic rings. The lowest BCUT2D eigenvalue weighted by Gasteiger charge is -2.32. The third kappa shape index (κ3) is 2.80. The topological polar surface area (TPSA) is 17.1 Å². The summed E-state index contributed by atoms with van der Waals surface area (Å²) in [6.45, 7) is 2.05. The van der Waals surface area contributed by atoms with Gasteiger partial charge >= 0.3 is 0 Å². The van der Waals surface area contributed by atoms with Crippen LogP contribution in [-0.2, 0) is 4.79 Å². The van der Waals surface area contributed by atoms with Crippen LogP contribution < -0.4 is 17.0 Å². The molecule has 0 unspecified atom stereocenters. The maximum Gasteiger partial charge on any atom is 0.144 e. The first-order valence-corrected chi connectivity index (χ1v) is 3.44. The van der Waals surface area contributed by atoms with Crippen LogP contribution in [0.4, 0.5) is 0 Å². The molecule has 0 saturated carbocycles. The zero-order valence-electron chi connectivity index (χ0n) is 6.56. The number of hydrogen-bond donors (Lipinski definition) is 0. The molecule has 1 fully saturated rings. The molecule has 1 aliphatic heterocycles. The zero-order chi connectivity index (χ0) is 6.91. The first-order valence-electron chi connectivity index (χ1n) is 3.44. The van der Waals surface area contributed by atoms with Gasteiger partial charge in [-0.3, -0.25) is 4.79 Å². The predicted octanol–water partition coefficient (Wildman–Crippen LogP) is -2.57. The molecule has 1 aliphatic rings. The number of piperidine rings is 1. The Labute approximate surface area is 72.6 Å². The molecule has 0 aromatic heterocycles. The first kappa shape index (κ1) is 10.1. The second-order valence-corrected chi connectivity index (χ2v) is 3.42. The smallest absolute Gasteiger partial charge is 0.144 e. The van der Waals surface area contributed by atoms with Crippen molar-refractivity contribution in [2.24, 2.45) is 0 Å². The lowest BCUT2D eigenvalue weighted by molar-refractivity contribution is -0.891. The van der Waals surface area contributed by atoms with Crippen LogP contribution in [0.15, 0.2) is 0 Å². The van der Waals surface area contributed by atoms with E-state index in [4.69, 9.17) is 0 Å². The Morgan fingerprint density at radius 2 is 1.60 bits per heavy atom. The molecule has 1 rings (SSSR count). The zero-order valence-corrected chi connectivity index (χ0v) is 8.15. The molecule has 1 saturated heterocycles. The van der Waals surface area contributed by atoms with E-state index >= 15 is 0 Å². The van der Waals surface area contributed by atoms with E-state index in [1.54, 1.807) is 0 Å². The van der Waals surface area contributed by atoms with Crippen LogP contribution in [0.25, 0.3) is 0 Å². The molecule has 3 heteroatoms. The monoisotopic (exact) mass is 207 g/mol. The van der Waals surface area contributed by atoms with E-state index in [1.165, 1.54) is 0 Å². The molecule has 0 radical (unpaired) electrons. The van der Waals surface area contributed by atoms with E-state index in [-0.39, 0.29) is 17.0 Å². The number of hydrogen-bond acceptors (Lipinski definition) is 1. The van der Waals surface area contributed by atoms with Gasteiger partial charge in [-0.25, -0.2) is 0 Å². The van der Waals surface area contributed by atoms with Crippen molar-refractivity contribution in [1.29, 1.82) is 0 Å². The number of Topliss-reactive ketones (excluding diaryl/α,β-unsaturated/α-hetero) is 1. The van der Waals surface area contributed by atoms with Gasteiger partial charge in [-0.15, -0.1) is 0 Å². The Kier molecular flexibility index (Phi) is 3.52. The van der Waals surface area contributed by atoms with Crippen LogP contribution in [0, 0.1) is 0 Å². The van der Waals surface area contributed by atoms with Crippen molar-refractivity contribution in [3.63, 3.8) is 0 Å². The fourth-order valence-corrected chi connectivity index (χ4v) is 1.09. The molecule has 0 amide bonds. The van der Waals surface area contributed by atoms with Crippen molar-refractivity contribution in [2.75, 3.05) is 27.2 Å². The number of carbonyl (C=O) groups excluding carboxylic acids is 1. The quantitative estimate of drug-likeness (QED) is 0.400. The van der Waals surface area contributed by atoms with Gasteiger partial charge in [0.15, 0.2) is 0 Å². The van der Waals surface area contributed by atoms with Crippen LogP contribution in [0.5, 0.6) is 0 Å². The maximum atomic E-state index is 10.7. The maximum absolute atomic E-state index is 10.7. The largest absolute Gasteiger partial charge is 1.00 e. The number of ketones is 1. The highest BCUT2D eigenvalue weighted by Crippen LogP contribution is 2.09. The highest BCUT2D eigenvalue weighted by Gasteiger charge is 2.23. The molecule has 0 atom stereocenters. The fraction of sp³-hybridized carbons (Fsp3) is 0.857. The second kappa shape index (κ2) is 3.49. The Bertz CT molecular complexity index is 122. The molecule has 1 heterocycles. The van der Waals surface area contributed by atoms with Gasteiger partial charge in [0.2, 0.25) is 0 Å². The van der Waals surface area contributed by atoms with Crippen molar-refractivity contribution >= 4 is 5.78 Å². The minimum atomic E-state index is 0. The fourth-order valence-electron chi connectivity index (χ4n) is 1.09. The Hall–Kier alpha value is 0.110. The molecule has 60 valence electrons. The van der Waals surface area contributed by atoms with Gasteiger partial charge in [-0.1, -0.05) is 0 Å². The van der Waals surface area contributed by atoms with E-state index in [2.05, 4.69) is 14.1 Å². The summed E-state index contributed by atoms with van der Waals surface area (Å²) < 4.78 is 1.02. The lowest BCUT2D eigenvalue weighted by atomic mass is 10.1. The Morgan fingerprint density at radius 3 is 1.90 bits per heavy atom. The molecule has 0 aliphatic carbocycles. The molecule has 2 nitrogen and oxygen atoms in total. The average Bonchev–Trinajstić information content (AvgIpc) is 1.78. The summed E-state index contributed by atoms with van der Waals surface area (Å²) in [6, 6.07) is 0. The van der Waals surface area contributed by atoms with Gasteiger partial charge in [-0.05, 0) is 0 Å². The SMILES string of the molecule is C[N+]1(C)CCC(=O)CC1.[Br-]. The van der Waals surface area contributed by atoms with Gasteiger partial charge in [0.05, 0.1) is 40.0 Å². The van der Waals surface area contributed by atoms with Gasteiger partial charge < -0.3 is 21.5 Å². The lowest BCUT2D eigenvalue weighted by Crippen LogP contribution is -3.00. The van der Waals surface area contributed by atoms with Crippen LogP contribution in [-0.4, -0.2) is 37.5 Å². The van der Waals surface area contributed by atoms with Gasteiger partial charge in [0.25, 0.3) is 0 Å². The minimum absolute atomic E-state index is 0. The summed E-state index contributed by atoms with van der Waals surface area (Å²) in [4.78, 5) is 10.7. The summed E-state index contributed by atoms with van der Waals surface area (Å²) in [5.74, 6) is 0.437. The summed E-state index contributed by atoms with van der Waals surface area (Å²) >= 11 is 0. The van der Waals surface area contributed by atoms with E-state index < -0.39 is 0 Å². The third-order valence-corrected chi connectivity index (χ3v) is 1.99. The van der Waals surface area contributed by atoms with Crippen molar-refractivity contribution in [3.05, 3.63) is 0 Å². The minimum Gasteiger partial charge on any atom is -1.00 e. The van der Waals surface area contributed by atoms with Crippen LogP contribution >= 0.6 is 0 Å². The highest BCUT2D eigenvalue weighted by molar-refractivity contribution is 5.78. The van der Waals surface area contributed by atoms with Crippen molar-refractivity contribution in [3.8, 4) is 0 Å². The van der Waals surface area contributed by atoms with E-state index in [1.807, 2.05) is 0 Å². The second-order valence-electron chi connectivity index (χ2n) is 3.42. The molecule has 0 N–H and O–H groups in total. The van der Waals surface area contributed by atoms with Gasteiger partial charge in [0, 0.05) is 0 Å². The summed E-state index contributed by atoms with van der Waals surface area (Å²) in [7, 11) is 4.35. The van der Waals surface area contributed by atoms with E-state index in [0.29, 0.717) is 5.78 Å². The van der Waals surface area contributed by atoms with Crippen molar-refractivity contribution < 1.29 is 26.3 Å². The molecular formula is C7H14BrNO. The number of nitrogens with zero attached hydrogens (tertiary/aromatic N) is 1. The van der Waals surface area contributed by atoms with Gasteiger partial charge in [0.1, 0.15) is 5.78 Å². The number of likely N-dealkylation sites (tertiary alicyclic amines) is 1. The summed E-state index contributed by atoms with van der Waals surface area (Å²) in [5.41, 5.74) is 0. The molecule has 10 heavy (non-hydrogen) atoms. The summed E-state index contributed by atoms with van der Waals surface area (Å²) in [5, 5.41) is 0. The standard InChI is InChI=1S/C7H14NO.BrH/c1-8(2)5-3-7(9)4-6-8;/h3-6H2,1-2H3;1H/q+1;/p-1. The van der Waals surface area contributed by atoms with Gasteiger partial charge in [-0.2, -0.15) is 0 Å². The number of rotatable bonds is 0. The molecule has 0 spiro atoms. The Balaban J connectivity index is 0.000000810. The Morgan fingerprint density at radius 1 is 1.20 bits per heavy atom. The molecular weight excluding hydrogens is 194 g/mol. The average molecular weight is 208 g/mol. The predicted molar refractivity (Wildman–Crippen MR) is 36.1 cm³/mol. The van der Waals surface area contributed by atoms with E-state index in [9.17, 15) is 4.79 Å². The molecule has 0 bridgehead atoms.